The molecule has 0 spiro atoms. The van der Waals surface area contributed by atoms with Crippen molar-refractivity contribution in [3.8, 4) is 17.0 Å². The lowest BCUT2D eigenvalue weighted by molar-refractivity contribution is -0.162. The second-order valence-corrected chi connectivity index (χ2v) is 12.8. The van der Waals surface area contributed by atoms with Crippen LogP contribution in [0.2, 0.25) is 0 Å². The molecular weight excluding hydrogens is 518 g/mol. The van der Waals surface area contributed by atoms with Gasteiger partial charge in [0.1, 0.15) is 12.4 Å². The summed E-state index contributed by atoms with van der Waals surface area (Å²) in [5.41, 5.74) is 13.5. The number of hydrogen-bond acceptors (Lipinski definition) is 7. The normalized spacial score (nSPS) is 15.4. The molecule has 0 aliphatic carbocycles. The predicted molar refractivity (Wildman–Crippen MR) is 165 cm³/mol. The van der Waals surface area contributed by atoms with Crippen LogP contribution in [0.4, 0.5) is 0 Å². The summed E-state index contributed by atoms with van der Waals surface area (Å²) in [4.78, 5) is 13.1. The lowest BCUT2D eigenvalue weighted by atomic mass is 9.67. The second-order valence-electron chi connectivity index (χ2n) is 12.8. The third kappa shape index (κ3) is 8.32. The smallest absolute Gasteiger partial charge is 0.313 e. The molecule has 0 fully saturated rings. The van der Waals surface area contributed by atoms with Crippen LogP contribution in [0.3, 0.4) is 0 Å². The van der Waals surface area contributed by atoms with Crippen LogP contribution < -0.4 is 16.2 Å². The highest BCUT2D eigenvalue weighted by atomic mass is 16.5. The van der Waals surface area contributed by atoms with Crippen molar-refractivity contribution in [3.63, 3.8) is 0 Å². The minimum atomic E-state index is -1.00. The molecule has 41 heavy (non-hydrogen) atoms. The van der Waals surface area contributed by atoms with Gasteiger partial charge in [0.05, 0.1) is 23.6 Å². The van der Waals surface area contributed by atoms with Crippen LogP contribution in [0.15, 0.2) is 54.6 Å². The molecule has 3 aromatic rings. The molecule has 8 heteroatoms. The lowest BCUT2D eigenvalue weighted by Gasteiger charge is -2.43. The van der Waals surface area contributed by atoms with Crippen LogP contribution in [0.5, 0.6) is 5.75 Å². The Morgan fingerprint density at radius 1 is 0.976 bits per heavy atom. The van der Waals surface area contributed by atoms with Crippen molar-refractivity contribution in [2.24, 2.45) is 22.8 Å². The average molecular weight is 568 g/mol. The van der Waals surface area contributed by atoms with Gasteiger partial charge in [0, 0.05) is 47.3 Å². The molecule has 3 atom stereocenters. The minimum Gasteiger partial charge on any atom is -0.491 e. The summed E-state index contributed by atoms with van der Waals surface area (Å²) in [6, 6.07) is 18.4. The highest BCUT2D eigenvalue weighted by Crippen LogP contribution is 2.38. The van der Waals surface area contributed by atoms with Crippen molar-refractivity contribution in [2.45, 2.75) is 84.5 Å². The number of rotatable bonds is 15. The lowest BCUT2D eigenvalue weighted by Crippen LogP contribution is -2.58. The number of fused-ring (bicyclic) bond motifs is 1. The maximum atomic E-state index is 13.1. The van der Waals surface area contributed by atoms with Crippen molar-refractivity contribution in [1.82, 2.24) is 4.57 Å². The number of hydrogen-bond donors (Lipinski definition) is 4. The Labute approximate surface area is 244 Å². The van der Waals surface area contributed by atoms with Gasteiger partial charge in [-0.3, -0.25) is 4.79 Å². The third-order valence-electron chi connectivity index (χ3n) is 8.00. The molecule has 1 aromatic heterocycles. The van der Waals surface area contributed by atoms with E-state index >= 15 is 0 Å². The molecule has 0 aliphatic rings. The van der Waals surface area contributed by atoms with E-state index < -0.39 is 28.6 Å². The first kappa shape index (κ1) is 32.6. The Morgan fingerprint density at radius 3 is 2.24 bits per heavy atom. The van der Waals surface area contributed by atoms with Gasteiger partial charge >= 0.3 is 5.97 Å². The summed E-state index contributed by atoms with van der Waals surface area (Å²) < 4.78 is 13.8. The zero-order chi connectivity index (χ0) is 30.4. The summed E-state index contributed by atoms with van der Waals surface area (Å²) in [5.74, 6) is -0.0678. The maximum Gasteiger partial charge on any atom is 0.313 e. The first-order valence-corrected chi connectivity index (χ1v) is 14.5. The molecule has 0 radical (unpaired) electrons. The molecule has 3 rings (SSSR count). The molecule has 0 saturated carbocycles. The fraction of sp³-hybridized carbons (Fsp3) is 0.545. The van der Waals surface area contributed by atoms with Gasteiger partial charge in [-0.2, -0.15) is 0 Å². The number of nitrogens with two attached hydrogens (primary N) is 2. The largest absolute Gasteiger partial charge is 0.491 e. The van der Waals surface area contributed by atoms with Gasteiger partial charge in [-0.25, -0.2) is 0 Å². The van der Waals surface area contributed by atoms with Crippen LogP contribution in [0, 0.1) is 11.3 Å². The molecule has 3 unspecified atom stereocenters. The third-order valence-corrected chi connectivity index (χ3v) is 8.00. The molecule has 2 aromatic carbocycles. The Bertz CT molecular complexity index is 1280. The molecule has 0 amide bonds. The number of nitrogens with zero attached hydrogens (tertiary/aromatic N) is 1. The Morgan fingerprint density at radius 2 is 1.66 bits per heavy atom. The summed E-state index contributed by atoms with van der Waals surface area (Å²) in [6.07, 6.45) is 0.478. The van der Waals surface area contributed by atoms with Gasteiger partial charge in [-0.1, -0.05) is 30.3 Å². The molecule has 0 saturated heterocycles. The zero-order valence-corrected chi connectivity index (χ0v) is 25.5. The van der Waals surface area contributed by atoms with Crippen LogP contribution in [-0.2, 0) is 16.1 Å². The average Bonchev–Trinajstić information content (AvgIpc) is 3.28. The Hall–Kier alpha value is -2.91. The molecule has 1 heterocycles. The van der Waals surface area contributed by atoms with E-state index in [4.69, 9.17) is 20.9 Å². The topological polar surface area (TPSA) is 133 Å². The van der Waals surface area contributed by atoms with E-state index in [1.54, 1.807) is 20.8 Å². The predicted octanol–water partition coefficient (Wildman–Crippen LogP) is 4.87. The van der Waals surface area contributed by atoms with Crippen molar-refractivity contribution >= 4 is 16.9 Å². The quantitative estimate of drug-likeness (QED) is 0.193. The number of aryl methyl sites for hydroxylation is 1. The van der Waals surface area contributed by atoms with Gasteiger partial charge < -0.3 is 35.7 Å². The number of ether oxygens (including phenoxy) is 2. The summed E-state index contributed by atoms with van der Waals surface area (Å²) in [7, 11) is 0. The van der Waals surface area contributed by atoms with Crippen molar-refractivity contribution in [3.05, 3.63) is 54.6 Å². The fourth-order valence-electron chi connectivity index (χ4n) is 5.27. The Kier molecular flexibility index (Phi) is 10.6. The van der Waals surface area contributed by atoms with Crippen LogP contribution in [0.25, 0.3) is 22.2 Å². The summed E-state index contributed by atoms with van der Waals surface area (Å²) in [5, 5.41) is 21.6. The van der Waals surface area contributed by atoms with Crippen molar-refractivity contribution in [1.29, 1.82) is 0 Å². The molecule has 0 aliphatic heterocycles. The molecular formula is C33H49N3O5. The fourth-order valence-corrected chi connectivity index (χ4v) is 5.27. The standard InChI is InChI=1S/C33H49N3O5/c1-7-36-28(24-11-9-8-10-12-24)17-25-14-16-27(18-29(25)36)40-21-26(38)15-13-23(19-37)20-41-30(39)33(6,32(4,5)35)22-31(2,3)34/h8-12,14,16-18,23,26,37-38H,7,13,15,19-22,34-35H2,1-6H3. The number of aliphatic hydroxyl groups is 2. The van der Waals surface area contributed by atoms with E-state index in [0.717, 1.165) is 28.7 Å². The minimum absolute atomic E-state index is 0.0357. The van der Waals surface area contributed by atoms with Gasteiger partial charge in [-0.05, 0) is 84.6 Å². The molecule has 0 bridgehead atoms. The maximum absolute atomic E-state index is 13.1. The van der Waals surface area contributed by atoms with E-state index in [9.17, 15) is 15.0 Å². The second kappa shape index (κ2) is 13.4. The van der Waals surface area contributed by atoms with Crippen LogP contribution in [-0.4, -0.2) is 57.8 Å². The van der Waals surface area contributed by atoms with E-state index in [1.165, 1.54) is 0 Å². The number of carbonyl (C=O) groups is 1. The van der Waals surface area contributed by atoms with Gasteiger partial charge in [-0.15, -0.1) is 0 Å². The Balaban J connectivity index is 1.56. The summed E-state index contributed by atoms with van der Waals surface area (Å²) in [6.45, 7) is 12.0. The van der Waals surface area contributed by atoms with E-state index in [0.29, 0.717) is 25.0 Å². The number of esters is 1. The van der Waals surface area contributed by atoms with E-state index in [2.05, 4.69) is 29.7 Å². The number of aromatic nitrogens is 1. The monoisotopic (exact) mass is 567 g/mol. The SMILES string of the molecule is CCn1c(-c2ccccc2)cc2ccc(OCC(O)CCC(CO)COC(=O)C(C)(CC(C)(C)N)C(C)(C)N)cc21. The van der Waals surface area contributed by atoms with Gasteiger partial charge in [0.2, 0.25) is 0 Å². The van der Waals surface area contributed by atoms with E-state index in [-0.39, 0.29) is 25.7 Å². The number of carbonyl (C=O) groups excluding carboxylic acids is 1. The number of benzene rings is 2. The van der Waals surface area contributed by atoms with Crippen molar-refractivity contribution < 1.29 is 24.5 Å². The highest BCUT2D eigenvalue weighted by Gasteiger charge is 2.48. The zero-order valence-electron chi connectivity index (χ0n) is 25.5. The number of aliphatic hydroxyl groups excluding tert-OH is 2. The van der Waals surface area contributed by atoms with Crippen LogP contribution in [0.1, 0.15) is 60.8 Å². The molecule has 226 valence electrons. The first-order chi connectivity index (χ1) is 19.2. The van der Waals surface area contributed by atoms with E-state index in [1.807, 2.05) is 50.2 Å². The van der Waals surface area contributed by atoms with Crippen molar-refractivity contribution in [2.75, 3.05) is 19.8 Å². The van der Waals surface area contributed by atoms with Gasteiger partial charge in [0.15, 0.2) is 0 Å². The molecule has 8 nitrogen and oxygen atoms in total. The molecule has 6 N–H and O–H groups in total. The first-order valence-electron chi connectivity index (χ1n) is 14.5. The summed E-state index contributed by atoms with van der Waals surface area (Å²) >= 11 is 0. The highest BCUT2D eigenvalue weighted by molar-refractivity contribution is 5.88. The van der Waals surface area contributed by atoms with Crippen LogP contribution >= 0.6 is 0 Å². The van der Waals surface area contributed by atoms with Gasteiger partial charge in [0.25, 0.3) is 0 Å².